The molecule has 0 saturated carbocycles. The van der Waals surface area contributed by atoms with Gasteiger partial charge in [0.05, 0.1) is 6.42 Å². The molecule has 0 saturated heterocycles. The molecule has 1 N–H and O–H groups in total. The summed E-state index contributed by atoms with van der Waals surface area (Å²) in [4.78, 5) is 35.3. The molecule has 0 fully saturated rings. The zero-order valence-electron chi connectivity index (χ0n) is 15.6. The van der Waals surface area contributed by atoms with E-state index in [1.807, 2.05) is 31.4 Å². The van der Waals surface area contributed by atoms with Gasteiger partial charge in [-0.05, 0) is 44.5 Å². The van der Waals surface area contributed by atoms with E-state index in [1.165, 1.54) is 6.92 Å². The Balaban J connectivity index is 1.90. The molecule has 2 aromatic rings. The number of anilines is 1. The molecule has 0 aliphatic heterocycles. The monoisotopic (exact) mass is 356 g/mol. The number of ether oxygens (including phenoxy) is 1. The number of ketones is 1. The fraction of sp³-hybridized carbons (Fsp3) is 0.350. The van der Waals surface area contributed by atoms with Crippen LogP contribution in [0.5, 0.6) is 0 Å². The molecule has 26 heavy (non-hydrogen) atoms. The van der Waals surface area contributed by atoms with Crippen LogP contribution >= 0.6 is 0 Å². The number of rotatable bonds is 7. The van der Waals surface area contributed by atoms with E-state index >= 15 is 0 Å². The second-order valence-electron chi connectivity index (χ2n) is 6.17. The van der Waals surface area contributed by atoms with Crippen LogP contribution in [0.2, 0.25) is 0 Å². The molecule has 6 nitrogen and oxygen atoms in total. The minimum absolute atomic E-state index is 0.0710. The normalized spacial score (nSPS) is 10.5. The number of nitrogens with one attached hydrogen (secondary N) is 1. The molecule has 0 bridgehead atoms. The van der Waals surface area contributed by atoms with Crippen molar-refractivity contribution in [2.75, 3.05) is 11.9 Å². The van der Waals surface area contributed by atoms with Gasteiger partial charge < -0.3 is 14.6 Å². The highest BCUT2D eigenvalue weighted by molar-refractivity contribution is 5.99. The molecule has 0 aliphatic rings. The molecule has 0 spiro atoms. The Labute approximate surface area is 153 Å². The number of amides is 1. The van der Waals surface area contributed by atoms with Crippen molar-refractivity contribution in [3.8, 4) is 0 Å². The fourth-order valence-electron chi connectivity index (χ4n) is 2.92. The number of hydrogen-bond donors (Lipinski definition) is 1. The van der Waals surface area contributed by atoms with E-state index in [9.17, 15) is 14.4 Å². The molecule has 6 heteroatoms. The van der Waals surface area contributed by atoms with E-state index in [4.69, 9.17) is 4.74 Å². The quantitative estimate of drug-likeness (QED) is 0.611. The Morgan fingerprint density at radius 3 is 2.31 bits per heavy atom. The second-order valence-corrected chi connectivity index (χ2v) is 6.17. The van der Waals surface area contributed by atoms with Crippen LogP contribution in [0.1, 0.15) is 41.2 Å². The van der Waals surface area contributed by atoms with E-state index in [0.717, 1.165) is 23.5 Å². The van der Waals surface area contributed by atoms with Crippen molar-refractivity contribution in [3.05, 3.63) is 52.8 Å². The Morgan fingerprint density at radius 1 is 1.12 bits per heavy atom. The maximum absolute atomic E-state index is 12.3. The summed E-state index contributed by atoms with van der Waals surface area (Å²) >= 11 is 0. The molecule has 1 aromatic carbocycles. The Morgan fingerprint density at radius 2 is 1.77 bits per heavy atom. The van der Waals surface area contributed by atoms with Gasteiger partial charge in [0, 0.05) is 36.1 Å². The van der Waals surface area contributed by atoms with Crippen LogP contribution in [-0.2, 0) is 27.3 Å². The molecule has 0 radical (unpaired) electrons. The average molecular weight is 356 g/mol. The number of benzene rings is 1. The fourth-order valence-corrected chi connectivity index (χ4v) is 2.92. The van der Waals surface area contributed by atoms with Gasteiger partial charge in [-0.1, -0.05) is 12.1 Å². The van der Waals surface area contributed by atoms with Gasteiger partial charge in [0.2, 0.25) is 11.7 Å². The lowest BCUT2D eigenvalue weighted by Crippen LogP contribution is -2.16. The maximum atomic E-state index is 12.3. The summed E-state index contributed by atoms with van der Waals surface area (Å²) in [5.41, 5.74) is 3.91. The van der Waals surface area contributed by atoms with Crippen molar-refractivity contribution < 1.29 is 19.1 Å². The van der Waals surface area contributed by atoms with Crippen LogP contribution in [0.15, 0.2) is 30.3 Å². The molecule has 138 valence electrons. The number of carbonyl (C=O) groups excluding carboxylic acids is 3. The molecule has 1 amide bonds. The number of hydrogen-bond acceptors (Lipinski definition) is 4. The summed E-state index contributed by atoms with van der Waals surface area (Å²) in [5, 5.41) is 2.66. The third kappa shape index (κ3) is 4.81. The summed E-state index contributed by atoms with van der Waals surface area (Å²) in [6, 6.07) is 8.74. The lowest BCUT2D eigenvalue weighted by Gasteiger charge is -2.07. The largest absolute Gasteiger partial charge is 0.457 e. The molecule has 0 aliphatic carbocycles. The molecular formula is C20H24N2O4. The molecular weight excluding hydrogens is 332 g/mol. The summed E-state index contributed by atoms with van der Waals surface area (Å²) in [6.45, 7) is 7.81. The highest BCUT2D eigenvalue weighted by Gasteiger charge is 2.16. The lowest BCUT2D eigenvalue weighted by atomic mass is 10.1. The van der Waals surface area contributed by atoms with E-state index < -0.39 is 5.97 Å². The molecule has 2 rings (SSSR count). The van der Waals surface area contributed by atoms with Gasteiger partial charge in [-0.2, -0.15) is 0 Å². The van der Waals surface area contributed by atoms with Crippen LogP contribution < -0.4 is 5.32 Å². The van der Waals surface area contributed by atoms with Crippen LogP contribution in [0.25, 0.3) is 0 Å². The van der Waals surface area contributed by atoms with Crippen molar-refractivity contribution in [1.82, 2.24) is 4.57 Å². The predicted octanol–water partition coefficient (Wildman–Crippen LogP) is 3.05. The first-order valence-corrected chi connectivity index (χ1v) is 8.54. The van der Waals surface area contributed by atoms with E-state index in [1.54, 1.807) is 24.3 Å². The van der Waals surface area contributed by atoms with Gasteiger partial charge in [-0.3, -0.25) is 14.4 Å². The van der Waals surface area contributed by atoms with Crippen LogP contribution in [0.4, 0.5) is 5.69 Å². The van der Waals surface area contributed by atoms with Crippen molar-refractivity contribution in [1.29, 1.82) is 0 Å². The van der Waals surface area contributed by atoms with Crippen LogP contribution in [0, 0.1) is 13.8 Å². The summed E-state index contributed by atoms with van der Waals surface area (Å²) in [6.07, 6.45) is 0.0710. The minimum Gasteiger partial charge on any atom is -0.457 e. The van der Waals surface area contributed by atoms with Crippen molar-refractivity contribution in [2.45, 2.75) is 40.7 Å². The highest BCUT2D eigenvalue weighted by Crippen LogP contribution is 2.16. The molecule has 1 heterocycles. The molecule has 0 atom stereocenters. The maximum Gasteiger partial charge on any atom is 0.310 e. The number of nitrogens with zero attached hydrogens (tertiary/aromatic N) is 1. The first-order valence-electron chi connectivity index (χ1n) is 8.54. The Bertz CT molecular complexity index is 819. The third-order valence-corrected chi connectivity index (χ3v) is 4.18. The predicted molar refractivity (Wildman–Crippen MR) is 99.3 cm³/mol. The van der Waals surface area contributed by atoms with Crippen LogP contribution in [-0.4, -0.2) is 28.8 Å². The van der Waals surface area contributed by atoms with E-state index in [2.05, 4.69) is 5.32 Å². The van der Waals surface area contributed by atoms with Crippen molar-refractivity contribution >= 4 is 23.3 Å². The number of carbonyl (C=O) groups is 3. The number of Topliss-reactive ketones (excluding diaryl/α,β-unsaturated/α-hetero) is 1. The lowest BCUT2D eigenvalue weighted by molar-refractivity contribution is -0.141. The van der Waals surface area contributed by atoms with E-state index in [-0.39, 0.29) is 24.7 Å². The SMILES string of the molecule is CCn1c(C)cc(C(=O)COC(=O)Cc2ccc(NC(C)=O)cc2)c1C. The average Bonchev–Trinajstić information content (AvgIpc) is 2.88. The summed E-state index contributed by atoms with van der Waals surface area (Å²) < 4.78 is 7.17. The smallest absolute Gasteiger partial charge is 0.310 e. The number of aromatic nitrogens is 1. The Kier molecular flexibility index (Phi) is 6.33. The van der Waals surface area contributed by atoms with Crippen LogP contribution in [0.3, 0.4) is 0 Å². The topological polar surface area (TPSA) is 77.4 Å². The van der Waals surface area contributed by atoms with Gasteiger partial charge in [-0.15, -0.1) is 0 Å². The van der Waals surface area contributed by atoms with E-state index in [0.29, 0.717) is 11.3 Å². The number of aryl methyl sites for hydroxylation is 1. The van der Waals surface area contributed by atoms with Crippen molar-refractivity contribution in [3.63, 3.8) is 0 Å². The third-order valence-electron chi connectivity index (χ3n) is 4.18. The summed E-state index contributed by atoms with van der Waals surface area (Å²) in [7, 11) is 0. The standard InChI is InChI=1S/C20H24N2O4/c1-5-22-13(2)10-18(14(22)3)19(24)12-26-20(25)11-16-6-8-17(9-7-16)21-15(4)23/h6-10H,5,11-12H2,1-4H3,(H,21,23). The molecule has 1 aromatic heterocycles. The number of esters is 1. The van der Waals surface area contributed by atoms with Gasteiger partial charge in [0.1, 0.15) is 0 Å². The van der Waals surface area contributed by atoms with Gasteiger partial charge >= 0.3 is 5.97 Å². The summed E-state index contributed by atoms with van der Waals surface area (Å²) in [5.74, 6) is -0.819. The van der Waals surface area contributed by atoms with Gasteiger partial charge in [0.15, 0.2) is 6.61 Å². The Hall–Kier alpha value is -2.89. The first kappa shape index (κ1) is 19.4. The van der Waals surface area contributed by atoms with Gasteiger partial charge in [0.25, 0.3) is 0 Å². The molecule has 0 unspecified atom stereocenters. The minimum atomic E-state index is -0.463. The second kappa shape index (κ2) is 8.47. The zero-order valence-corrected chi connectivity index (χ0v) is 15.6. The zero-order chi connectivity index (χ0) is 19.3. The van der Waals surface area contributed by atoms with Gasteiger partial charge in [-0.25, -0.2) is 0 Å². The first-order chi connectivity index (χ1) is 12.3. The highest BCUT2D eigenvalue weighted by atomic mass is 16.5. The van der Waals surface area contributed by atoms with Crippen molar-refractivity contribution in [2.24, 2.45) is 0 Å².